The van der Waals surface area contributed by atoms with E-state index in [0.29, 0.717) is 23.3 Å². The lowest BCUT2D eigenvalue weighted by molar-refractivity contribution is -0.127. The molecule has 3 aromatic rings. The van der Waals surface area contributed by atoms with Gasteiger partial charge in [0, 0.05) is 17.1 Å². The molecule has 0 saturated carbocycles. The number of rotatable bonds is 7. The Bertz CT molecular complexity index is 1030. The first-order valence-corrected chi connectivity index (χ1v) is 8.85. The van der Waals surface area contributed by atoms with Crippen LogP contribution in [0.2, 0.25) is 0 Å². The average molecular weight is 375 g/mol. The van der Waals surface area contributed by atoms with Gasteiger partial charge in [0.05, 0.1) is 6.21 Å². The highest BCUT2D eigenvalue weighted by Gasteiger charge is 2.15. The molecule has 3 rings (SSSR count). The number of pyridine rings is 1. The Hall–Kier alpha value is -3.67. The molecule has 1 aromatic heterocycles. The third kappa shape index (κ3) is 4.35. The van der Waals surface area contributed by atoms with Crippen molar-refractivity contribution in [2.75, 3.05) is 0 Å². The number of aromatic nitrogens is 1. The maximum absolute atomic E-state index is 12.3. The van der Waals surface area contributed by atoms with Crippen molar-refractivity contribution < 1.29 is 14.6 Å². The van der Waals surface area contributed by atoms with Crippen LogP contribution in [0.5, 0.6) is 11.5 Å². The molecule has 6 heteroatoms. The standard InChI is InChI=1S/C22H21N3O3/c1-3-7-17-9-4-10-18(21(17)26)14-24-25-22(27)15(2)28-19-12-5-8-16-11-6-13-23-20(16)19/h3-6,8-15,26H,1,7H2,2H3,(H,25,27)/b24-14+/t15-/m1/s1. The number of benzene rings is 2. The van der Waals surface area contributed by atoms with Crippen molar-refractivity contribution in [1.82, 2.24) is 10.4 Å². The molecular weight excluding hydrogens is 354 g/mol. The second-order valence-electron chi connectivity index (χ2n) is 6.17. The monoisotopic (exact) mass is 375 g/mol. The third-order valence-electron chi connectivity index (χ3n) is 4.16. The van der Waals surface area contributed by atoms with E-state index in [1.54, 1.807) is 43.5 Å². The van der Waals surface area contributed by atoms with Crippen LogP contribution in [0.25, 0.3) is 10.9 Å². The Labute approximate surface area is 163 Å². The quantitative estimate of drug-likeness (QED) is 0.376. The van der Waals surface area contributed by atoms with Gasteiger partial charge in [-0.2, -0.15) is 5.10 Å². The molecule has 0 spiro atoms. The van der Waals surface area contributed by atoms with E-state index in [0.717, 1.165) is 10.9 Å². The van der Waals surface area contributed by atoms with Gasteiger partial charge in [-0.3, -0.25) is 9.78 Å². The van der Waals surface area contributed by atoms with Crippen molar-refractivity contribution in [2.24, 2.45) is 5.10 Å². The molecule has 0 radical (unpaired) electrons. The Kier molecular flexibility index (Phi) is 6.01. The molecule has 0 aliphatic heterocycles. The van der Waals surface area contributed by atoms with E-state index in [4.69, 9.17) is 4.74 Å². The van der Waals surface area contributed by atoms with Gasteiger partial charge in [0.2, 0.25) is 0 Å². The largest absolute Gasteiger partial charge is 0.507 e. The summed E-state index contributed by atoms with van der Waals surface area (Å²) < 4.78 is 5.76. The number of phenolic OH excluding ortho intramolecular Hbond substituents is 1. The summed E-state index contributed by atoms with van der Waals surface area (Å²) in [7, 11) is 0. The van der Waals surface area contributed by atoms with Gasteiger partial charge < -0.3 is 9.84 Å². The number of hydrogen-bond acceptors (Lipinski definition) is 5. The molecule has 0 fully saturated rings. The summed E-state index contributed by atoms with van der Waals surface area (Å²) in [5.74, 6) is 0.233. The first-order chi connectivity index (χ1) is 13.6. The minimum Gasteiger partial charge on any atom is -0.507 e. The van der Waals surface area contributed by atoms with Crippen LogP contribution < -0.4 is 10.2 Å². The topological polar surface area (TPSA) is 83.8 Å². The van der Waals surface area contributed by atoms with E-state index in [2.05, 4.69) is 22.1 Å². The lowest BCUT2D eigenvalue weighted by atomic mass is 10.1. The predicted octanol–water partition coefficient (Wildman–Crippen LogP) is 3.59. The number of aromatic hydroxyl groups is 1. The summed E-state index contributed by atoms with van der Waals surface area (Å²) in [6.07, 6.45) is 4.55. The van der Waals surface area contributed by atoms with Crippen LogP contribution >= 0.6 is 0 Å². The van der Waals surface area contributed by atoms with Crippen LogP contribution in [-0.2, 0) is 11.2 Å². The summed E-state index contributed by atoms with van der Waals surface area (Å²) in [4.78, 5) is 16.6. The zero-order valence-corrected chi connectivity index (χ0v) is 15.5. The maximum atomic E-state index is 12.3. The Morgan fingerprint density at radius 2 is 2.07 bits per heavy atom. The first-order valence-electron chi connectivity index (χ1n) is 8.85. The molecule has 0 saturated heterocycles. The molecule has 2 N–H and O–H groups in total. The Morgan fingerprint density at radius 3 is 2.89 bits per heavy atom. The van der Waals surface area contributed by atoms with Gasteiger partial charge in [-0.15, -0.1) is 6.58 Å². The lowest BCUT2D eigenvalue weighted by Gasteiger charge is -2.14. The van der Waals surface area contributed by atoms with Gasteiger partial charge in [-0.1, -0.05) is 36.4 Å². The molecule has 1 atom stereocenters. The molecule has 142 valence electrons. The number of carbonyl (C=O) groups excluding carboxylic acids is 1. The van der Waals surface area contributed by atoms with Gasteiger partial charge in [0.15, 0.2) is 6.10 Å². The normalized spacial score (nSPS) is 12.0. The SMILES string of the molecule is C=CCc1cccc(/C=N/NC(=O)[C@@H](C)Oc2cccc3cccnc23)c1O. The van der Waals surface area contributed by atoms with Crippen molar-refractivity contribution >= 4 is 23.0 Å². The number of amides is 1. The van der Waals surface area contributed by atoms with E-state index < -0.39 is 12.0 Å². The van der Waals surface area contributed by atoms with Crippen LogP contribution in [0.3, 0.4) is 0 Å². The number of para-hydroxylation sites is 2. The number of nitrogens with one attached hydrogen (secondary N) is 1. The minimum atomic E-state index is -0.773. The second-order valence-corrected chi connectivity index (χ2v) is 6.17. The van der Waals surface area contributed by atoms with E-state index in [1.165, 1.54) is 6.21 Å². The summed E-state index contributed by atoms with van der Waals surface area (Å²) in [5.41, 5.74) is 4.37. The highest BCUT2D eigenvalue weighted by molar-refractivity contribution is 5.87. The van der Waals surface area contributed by atoms with Gasteiger partial charge in [-0.05, 0) is 37.1 Å². The molecule has 0 unspecified atom stereocenters. The molecule has 1 amide bonds. The fourth-order valence-electron chi connectivity index (χ4n) is 2.71. The van der Waals surface area contributed by atoms with Gasteiger partial charge in [0.1, 0.15) is 17.0 Å². The predicted molar refractivity (Wildman–Crippen MR) is 110 cm³/mol. The van der Waals surface area contributed by atoms with Gasteiger partial charge in [-0.25, -0.2) is 5.43 Å². The fraction of sp³-hybridized carbons (Fsp3) is 0.136. The number of carbonyl (C=O) groups is 1. The number of ether oxygens (including phenoxy) is 1. The van der Waals surface area contributed by atoms with Gasteiger partial charge >= 0.3 is 0 Å². The molecule has 0 aliphatic rings. The van der Waals surface area contributed by atoms with Crippen LogP contribution in [0.15, 0.2) is 72.5 Å². The maximum Gasteiger partial charge on any atom is 0.280 e. The minimum absolute atomic E-state index is 0.117. The number of allylic oxidation sites excluding steroid dienone is 1. The zero-order chi connectivity index (χ0) is 19.9. The zero-order valence-electron chi connectivity index (χ0n) is 15.5. The Morgan fingerprint density at radius 1 is 1.29 bits per heavy atom. The van der Waals surface area contributed by atoms with Crippen LogP contribution in [0.4, 0.5) is 0 Å². The lowest BCUT2D eigenvalue weighted by Crippen LogP contribution is -2.33. The first kappa shape index (κ1) is 19.1. The van der Waals surface area contributed by atoms with E-state index in [-0.39, 0.29) is 5.75 Å². The third-order valence-corrected chi connectivity index (χ3v) is 4.16. The number of phenols is 1. The summed E-state index contributed by atoms with van der Waals surface area (Å²) in [6.45, 7) is 5.30. The second kappa shape index (κ2) is 8.81. The molecule has 0 aliphatic carbocycles. The average Bonchev–Trinajstić information content (AvgIpc) is 2.71. The number of fused-ring (bicyclic) bond motifs is 1. The van der Waals surface area contributed by atoms with E-state index >= 15 is 0 Å². The molecular formula is C22H21N3O3. The van der Waals surface area contributed by atoms with E-state index in [1.807, 2.05) is 24.3 Å². The van der Waals surface area contributed by atoms with Crippen LogP contribution in [0.1, 0.15) is 18.1 Å². The molecule has 28 heavy (non-hydrogen) atoms. The summed E-state index contributed by atoms with van der Waals surface area (Å²) in [6, 6.07) is 14.6. The molecule has 2 aromatic carbocycles. The fourth-order valence-corrected chi connectivity index (χ4v) is 2.71. The van der Waals surface area contributed by atoms with Crippen LogP contribution in [0, 0.1) is 0 Å². The highest BCUT2D eigenvalue weighted by Crippen LogP contribution is 2.24. The van der Waals surface area contributed by atoms with Crippen LogP contribution in [-0.4, -0.2) is 28.3 Å². The van der Waals surface area contributed by atoms with Crippen molar-refractivity contribution in [1.29, 1.82) is 0 Å². The molecule has 6 nitrogen and oxygen atoms in total. The van der Waals surface area contributed by atoms with Crippen molar-refractivity contribution in [2.45, 2.75) is 19.4 Å². The van der Waals surface area contributed by atoms with E-state index in [9.17, 15) is 9.90 Å². The number of hydrazone groups is 1. The van der Waals surface area contributed by atoms with Crippen molar-refractivity contribution in [3.8, 4) is 11.5 Å². The smallest absolute Gasteiger partial charge is 0.280 e. The van der Waals surface area contributed by atoms with Crippen molar-refractivity contribution in [3.63, 3.8) is 0 Å². The summed E-state index contributed by atoms with van der Waals surface area (Å²) in [5, 5.41) is 15.1. The highest BCUT2D eigenvalue weighted by atomic mass is 16.5. The Balaban J connectivity index is 1.65. The molecule has 0 bridgehead atoms. The number of nitrogens with zero attached hydrogens (tertiary/aromatic N) is 2. The van der Waals surface area contributed by atoms with Crippen molar-refractivity contribution in [3.05, 3.63) is 78.5 Å². The molecule has 1 heterocycles. The number of hydrogen-bond donors (Lipinski definition) is 2. The van der Waals surface area contributed by atoms with Gasteiger partial charge in [0.25, 0.3) is 5.91 Å². The summed E-state index contributed by atoms with van der Waals surface area (Å²) >= 11 is 0.